The van der Waals surface area contributed by atoms with Gasteiger partial charge in [0, 0.05) is 11.8 Å². The lowest BCUT2D eigenvalue weighted by atomic mass is 10.1. The fraction of sp³-hybridized carbons (Fsp3) is 0. The first-order chi connectivity index (χ1) is 5.70. The van der Waals surface area contributed by atoms with E-state index in [-0.39, 0.29) is 5.91 Å². The molecule has 1 aromatic rings. The summed E-state index contributed by atoms with van der Waals surface area (Å²) in [7, 11) is 0. The number of halogens is 2. The highest BCUT2D eigenvalue weighted by Gasteiger charge is 2.20. The normalized spacial score (nSPS) is 13.7. The van der Waals surface area contributed by atoms with E-state index < -0.39 is 0 Å². The molecule has 0 fully saturated rings. The number of aliphatic imine (C=N–C) groups is 1. The number of carbonyl (C=O) groups excluding carboxylic acids is 1. The van der Waals surface area contributed by atoms with Crippen molar-refractivity contribution in [3.63, 3.8) is 0 Å². The van der Waals surface area contributed by atoms with Crippen LogP contribution in [0.4, 0.5) is 0 Å². The Morgan fingerprint density at radius 2 is 1.83 bits per heavy atom. The lowest BCUT2D eigenvalue weighted by Gasteiger charge is -1.99. The Labute approximate surface area is 78.8 Å². The predicted molar refractivity (Wildman–Crippen MR) is 48.4 cm³/mol. The van der Waals surface area contributed by atoms with E-state index in [1.54, 1.807) is 12.1 Å². The second-order valence-electron chi connectivity index (χ2n) is 2.38. The van der Waals surface area contributed by atoms with Crippen LogP contribution in [0.1, 0.15) is 15.9 Å². The molecule has 0 aromatic heterocycles. The molecule has 0 spiro atoms. The Morgan fingerprint density at radius 1 is 1.17 bits per heavy atom. The number of carbonyl (C=O) groups is 1. The van der Waals surface area contributed by atoms with Crippen molar-refractivity contribution in [1.29, 1.82) is 0 Å². The third-order valence-corrected chi connectivity index (χ3v) is 2.31. The first-order valence-corrected chi connectivity index (χ1v) is 4.02. The van der Waals surface area contributed by atoms with Gasteiger partial charge < -0.3 is 0 Å². The van der Waals surface area contributed by atoms with Gasteiger partial charge in [-0.3, -0.25) is 4.79 Å². The Kier molecular flexibility index (Phi) is 1.67. The van der Waals surface area contributed by atoms with Crippen molar-refractivity contribution in [3.8, 4) is 0 Å². The van der Waals surface area contributed by atoms with Crippen LogP contribution in [-0.4, -0.2) is 12.1 Å². The average molecular weight is 200 g/mol. The lowest BCUT2D eigenvalue weighted by Crippen LogP contribution is -1.93. The molecule has 1 aliphatic rings. The van der Waals surface area contributed by atoms with Crippen molar-refractivity contribution in [1.82, 2.24) is 0 Å². The van der Waals surface area contributed by atoms with Crippen LogP contribution in [0, 0.1) is 0 Å². The summed E-state index contributed by atoms with van der Waals surface area (Å²) in [5.41, 5.74) is 1.03. The monoisotopic (exact) mass is 199 g/mol. The Morgan fingerprint density at radius 3 is 2.50 bits per heavy atom. The molecular formula is C8H3Cl2NO. The van der Waals surface area contributed by atoms with Crippen LogP contribution in [0.3, 0.4) is 0 Å². The highest BCUT2D eigenvalue weighted by Crippen LogP contribution is 2.29. The van der Waals surface area contributed by atoms with E-state index in [1.165, 1.54) is 6.21 Å². The quantitative estimate of drug-likeness (QED) is 0.632. The minimum absolute atomic E-state index is 0.322. The van der Waals surface area contributed by atoms with Crippen LogP contribution < -0.4 is 0 Å². The van der Waals surface area contributed by atoms with Crippen LogP contribution in [0.5, 0.6) is 0 Å². The summed E-state index contributed by atoms with van der Waals surface area (Å²) in [5.74, 6) is -0.322. The van der Waals surface area contributed by atoms with Gasteiger partial charge in [-0.05, 0) is 12.1 Å². The first kappa shape index (κ1) is 7.77. The highest BCUT2D eigenvalue weighted by molar-refractivity contribution is 6.39. The summed E-state index contributed by atoms with van der Waals surface area (Å²) in [5, 5.41) is 0.904. The maximum atomic E-state index is 11.1. The van der Waals surface area contributed by atoms with Crippen LogP contribution in [0.2, 0.25) is 10.0 Å². The summed E-state index contributed by atoms with van der Waals surface area (Å²) in [4.78, 5) is 14.7. The van der Waals surface area contributed by atoms with Crippen LogP contribution in [0.15, 0.2) is 17.1 Å². The predicted octanol–water partition coefficient (Wildman–Crippen LogP) is 2.57. The number of rotatable bonds is 0. The van der Waals surface area contributed by atoms with Crippen molar-refractivity contribution in [2.24, 2.45) is 4.99 Å². The number of benzene rings is 1. The van der Waals surface area contributed by atoms with Gasteiger partial charge in [0.15, 0.2) is 0 Å². The molecule has 12 heavy (non-hydrogen) atoms. The second-order valence-corrected chi connectivity index (χ2v) is 3.20. The molecule has 0 aliphatic carbocycles. The molecule has 1 aliphatic heterocycles. The molecule has 0 saturated carbocycles. The fourth-order valence-corrected chi connectivity index (χ4v) is 1.55. The average Bonchev–Trinajstić information content (AvgIpc) is 2.42. The van der Waals surface area contributed by atoms with Crippen LogP contribution in [-0.2, 0) is 0 Å². The summed E-state index contributed by atoms with van der Waals surface area (Å²) in [6.45, 7) is 0. The minimum atomic E-state index is -0.322. The second kappa shape index (κ2) is 2.57. The minimum Gasteiger partial charge on any atom is -0.267 e. The maximum absolute atomic E-state index is 11.1. The van der Waals surface area contributed by atoms with Crippen molar-refractivity contribution in [3.05, 3.63) is 33.3 Å². The molecule has 1 amide bonds. The molecule has 60 valence electrons. The van der Waals surface area contributed by atoms with Gasteiger partial charge >= 0.3 is 0 Å². The lowest BCUT2D eigenvalue weighted by molar-refractivity contribution is 0.101. The zero-order valence-electron chi connectivity index (χ0n) is 5.84. The van der Waals surface area contributed by atoms with E-state index in [0.29, 0.717) is 21.2 Å². The largest absolute Gasteiger partial charge is 0.279 e. The fourth-order valence-electron chi connectivity index (χ4n) is 1.10. The van der Waals surface area contributed by atoms with E-state index in [4.69, 9.17) is 23.2 Å². The molecule has 0 atom stereocenters. The molecule has 2 rings (SSSR count). The van der Waals surface area contributed by atoms with Crippen molar-refractivity contribution >= 4 is 35.3 Å². The van der Waals surface area contributed by atoms with Gasteiger partial charge in [0.05, 0.1) is 15.6 Å². The van der Waals surface area contributed by atoms with Crippen molar-refractivity contribution in [2.45, 2.75) is 0 Å². The van der Waals surface area contributed by atoms with Crippen molar-refractivity contribution in [2.75, 3.05) is 0 Å². The topological polar surface area (TPSA) is 29.4 Å². The molecule has 2 nitrogen and oxygen atoms in total. The van der Waals surface area contributed by atoms with Gasteiger partial charge in [0.1, 0.15) is 0 Å². The first-order valence-electron chi connectivity index (χ1n) is 3.26. The van der Waals surface area contributed by atoms with E-state index in [1.807, 2.05) is 0 Å². The van der Waals surface area contributed by atoms with Gasteiger partial charge in [0.2, 0.25) is 0 Å². The highest BCUT2D eigenvalue weighted by atomic mass is 35.5. The van der Waals surface area contributed by atoms with Crippen molar-refractivity contribution < 1.29 is 4.79 Å². The molecule has 1 aromatic carbocycles. The van der Waals surface area contributed by atoms with Gasteiger partial charge in [-0.1, -0.05) is 23.2 Å². The Balaban J connectivity index is 2.79. The standard InChI is InChI=1S/C8H3Cl2NO/c9-5-1-2-6(10)7-4(5)3-11-8(7)12/h1-3H. The third kappa shape index (κ3) is 0.958. The number of amides is 1. The molecule has 4 heteroatoms. The molecule has 1 heterocycles. The molecule has 0 bridgehead atoms. The maximum Gasteiger partial charge on any atom is 0.279 e. The smallest absolute Gasteiger partial charge is 0.267 e. The van der Waals surface area contributed by atoms with E-state index >= 15 is 0 Å². The van der Waals surface area contributed by atoms with E-state index in [2.05, 4.69) is 4.99 Å². The Hall–Kier alpha value is -0.860. The zero-order valence-corrected chi connectivity index (χ0v) is 7.36. The molecular weight excluding hydrogens is 197 g/mol. The van der Waals surface area contributed by atoms with E-state index in [9.17, 15) is 4.79 Å². The molecule has 0 radical (unpaired) electrons. The summed E-state index contributed by atoms with van der Waals surface area (Å²) in [6.07, 6.45) is 1.44. The van der Waals surface area contributed by atoms with Crippen LogP contribution >= 0.6 is 23.2 Å². The van der Waals surface area contributed by atoms with Gasteiger partial charge in [-0.2, -0.15) is 0 Å². The molecule has 0 unspecified atom stereocenters. The number of hydrogen-bond acceptors (Lipinski definition) is 1. The summed E-state index contributed by atoms with van der Waals surface area (Å²) in [6, 6.07) is 3.24. The van der Waals surface area contributed by atoms with E-state index in [0.717, 1.165) is 0 Å². The zero-order chi connectivity index (χ0) is 8.72. The van der Waals surface area contributed by atoms with Gasteiger partial charge in [-0.15, -0.1) is 0 Å². The number of nitrogens with zero attached hydrogens (tertiary/aromatic N) is 1. The molecule has 0 N–H and O–H groups in total. The van der Waals surface area contributed by atoms with Gasteiger partial charge in [-0.25, -0.2) is 4.99 Å². The SMILES string of the molecule is O=C1N=Cc2c(Cl)ccc(Cl)c21. The Bertz CT molecular complexity index is 398. The van der Waals surface area contributed by atoms with Gasteiger partial charge in [0.25, 0.3) is 5.91 Å². The molecule has 0 saturated heterocycles. The summed E-state index contributed by atoms with van der Waals surface area (Å²) < 4.78 is 0. The number of fused-ring (bicyclic) bond motifs is 1. The van der Waals surface area contributed by atoms with Crippen LogP contribution in [0.25, 0.3) is 0 Å². The summed E-state index contributed by atoms with van der Waals surface area (Å²) >= 11 is 11.6. The third-order valence-electron chi connectivity index (χ3n) is 1.67. The number of hydrogen-bond donors (Lipinski definition) is 0.